The number of pyridine rings is 1. The number of hydrogen-bond acceptors (Lipinski definition) is 3. The molecule has 3 heteroatoms. The Morgan fingerprint density at radius 3 is 2.65 bits per heavy atom. The van der Waals surface area contributed by atoms with Gasteiger partial charge in [0.15, 0.2) is 0 Å². The first kappa shape index (κ1) is 16.3. The number of phenolic OH excluding ortho intramolecular Hbond substituents is 1. The second kappa shape index (κ2) is 5.82. The zero-order chi connectivity index (χ0) is 17.9. The molecule has 3 aliphatic rings. The molecular formula is C23H27NO2. The summed E-state index contributed by atoms with van der Waals surface area (Å²) in [7, 11) is 0. The standard InChI is InChI=1S/C23H27NO2/c1-23-11-8-16-15-4-6-20(25)22(14-9-12-24-13-10-14)18(15)3-2-17(16)19(23)5-7-21(23)26/h4,6,9-10,12-13,16-17,19,21,25-26H,2-3,5,7-8,11H2,1H3/t16-,17-,19+,21+,23+/m1/s1. The van der Waals surface area contributed by atoms with Crippen LogP contribution in [0.2, 0.25) is 0 Å². The van der Waals surface area contributed by atoms with E-state index in [1.165, 1.54) is 24.0 Å². The van der Waals surface area contributed by atoms with Crippen LogP contribution in [0.15, 0.2) is 36.7 Å². The summed E-state index contributed by atoms with van der Waals surface area (Å²) in [6.07, 6.45) is 10.1. The Labute approximate surface area is 155 Å². The molecule has 2 fully saturated rings. The van der Waals surface area contributed by atoms with Crippen molar-refractivity contribution < 1.29 is 10.2 Å². The molecule has 3 aliphatic carbocycles. The average molecular weight is 349 g/mol. The lowest BCUT2D eigenvalue weighted by molar-refractivity contribution is -0.0225. The third-order valence-corrected chi connectivity index (χ3v) is 7.81. The minimum Gasteiger partial charge on any atom is -0.507 e. The van der Waals surface area contributed by atoms with Crippen LogP contribution in [0.5, 0.6) is 5.75 Å². The van der Waals surface area contributed by atoms with Gasteiger partial charge in [-0.05, 0) is 96.6 Å². The maximum atomic E-state index is 10.6. The summed E-state index contributed by atoms with van der Waals surface area (Å²) in [6.45, 7) is 2.32. The van der Waals surface area contributed by atoms with Crippen LogP contribution in [0.1, 0.15) is 56.1 Å². The van der Waals surface area contributed by atoms with E-state index in [0.29, 0.717) is 23.5 Å². The molecule has 26 heavy (non-hydrogen) atoms. The molecule has 1 heterocycles. The van der Waals surface area contributed by atoms with Crippen molar-refractivity contribution in [1.29, 1.82) is 0 Å². The molecule has 0 bridgehead atoms. The van der Waals surface area contributed by atoms with E-state index in [4.69, 9.17) is 0 Å². The molecule has 136 valence electrons. The number of nitrogens with zero attached hydrogens (tertiary/aromatic N) is 1. The summed E-state index contributed by atoms with van der Waals surface area (Å²) >= 11 is 0. The van der Waals surface area contributed by atoms with Gasteiger partial charge in [0.05, 0.1) is 6.10 Å². The zero-order valence-electron chi connectivity index (χ0n) is 15.4. The molecule has 3 nitrogen and oxygen atoms in total. The maximum absolute atomic E-state index is 10.6. The van der Waals surface area contributed by atoms with Crippen molar-refractivity contribution in [2.75, 3.05) is 0 Å². The van der Waals surface area contributed by atoms with Gasteiger partial charge in [-0.3, -0.25) is 4.98 Å². The van der Waals surface area contributed by atoms with Crippen LogP contribution in [-0.2, 0) is 6.42 Å². The van der Waals surface area contributed by atoms with E-state index < -0.39 is 0 Å². The second-order valence-electron chi connectivity index (χ2n) is 8.82. The van der Waals surface area contributed by atoms with Crippen molar-refractivity contribution in [1.82, 2.24) is 4.98 Å². The van der Waals surface area contributed by atoms with Crippen LogP contribution in [0, 0.1) is 17.3 Å². The maximum Gasteiger partial charge on any atom is 0.123 e. The van der Waals surface area contributed by atoms with Crippen LogP contribution in [0.3, 0.4) is 0 Å². The predicted octanol–water partition coefficient (Wildman–Crippen LogP) is 4.67. The Balaban J connectivity index is 1.58. The molecule has 5 rings (SSSR count). The number of aromatic hydroxyl groups is 1. The Hall–Kier alpha value is -1.87. The Morgan fingerprint density at radius 1 is 1.04 bits per heavy atom. The van der Waals surface area contributed by atoms with Gasteiger partial charge in [0.1, 0.15) is 5.75 Å². The van der Waals surface area contributed by atoms with Gasteiger partial charge < -0.3 is 10.2 Å². The molecule has 0 unspecified atom stereocenters. The van der Waals surface area contributed by atoms with Crippen molar-refractivity contribution in [3.63, 3.8) is 0 Å². The first-order valence-corrected chi connectivity index (χ1v) is 10.0. The number of hydrogen-bond donors (Lipinski definition) is 2. The van der Waals surface area contributed by atoms with Crippen LogP contribution in [0.25, 0.3) is 11.1 Å². The first-order valence-electron chi connectivity index (χ1n) is 10.0. The van der Waals surface area contributed by atoms with E-state index in [1.807, 2.05) is 18.2 Å². The van der Waals surface area contributed by atoms with E-state index in [1.54, 1.807) is 12.4 Å². The van der Waals surface area contributed by atoms with Crippen LogP contribution < -0.4 is 0 Å². The molecule has 0 amide bonds. The van der Waals surface area contributed by atoms with Gasteiger partial charge in [-0.2, -0.15) is 0 Å². The van der Waals surface area contributed by atoms with Crippen molar-refractivity contribution >= 4 is 0 Å². The number of fused-ring (bicyclic) bond motifs is 5. The zero-order valence-corrected chi connectivity index (χ0v) is 15.4. The van der Waals surface area contributed by atoms with Crippen molar-refractivity contribution in [3.05, 3.63) is 47.8 Å². The minimum absolute atomic E-state index is 0.115. The van der Waals surface area contributed by atoms with Crippen LogP contribution in [0.4, 0.5) is 0 Å². The summed E-state index contributed by atoms with van der Waals surface area (Å²) in [4.78, 5) is 4.12. The van der Waals surface area contributed by atoms with E-state index in [0.717, 1.165) is 36.8 Å². The third kappa shape index (κ3) is 2.19. The normalized spacial score (nSPS) is 35.5. The van der Waals surface area contributed by atoms with Gasteiger partial charge in [-0.15, -0.1) is 0 Å². The lowest BCUT2D eigenvalue weighted by Gasteiger charge is -2.50. The minimum atomic E-state index is -0.123. The molecule has 0 saturated heterocycles. The van der Waals surface area contributed by atoms with Gasteiger partial charge in [-0.1, -0.05) is 13.0 Å². The second-order valence-corrected chi connectivity index (χ2v) is 8.82. The van der Waals surface area contributed by atoms with E-state index >= 15 is 0 Å². The highest BCUT2D eigenvalue weighted by atomic mass is 16.3. The van der Waals surface area contributed by atoms with Crippen LogP contribution >= 0.6 is 0 Å². The van der Waals surface area contributed by atoms with Crippen molar-refractivity contribution in [2.24, 2.45) is 17.3 Å². The third-order valence-electron chi connectivity index (χ3n) is 7.81. The fourth-order valence-corrected chi connectivity index (χ4v) is 6.47. The molecule has 5 atom stereocenters. The lowest BCUT2D eigenvalue weighted by atomic mass is 9.55. The summed E-state index contributed by atoms with van der Waals surface area (Å²) < 4.78 is 0. The topological polar surface area (TPSA) is 53.4 Å². The van der Waals surface area contributed by atoms with E-state index in [2.05, 4.69) is 18.0 Å². The summed E-state index contributed by atoms with van der Waals surface area (Å²) in [5.41, 5.74) is 4.95. The van der Waals surface area contributed by atoms with Gasteiger partial charge >= 0.3 is 0 Å². The monoisotopic (exact) mass is 349 g/mol. The first-order chi connectivity index (χ1) is 12.6. The van der Waals surface area contributed by atoms with E-state index in [9.17, 15) is 10.2 Å². The molecule has 2 saturated carbocycles. The SMILES string of the molecule is C[C@]12CC[C@@H]3c4ccc(O)c(-c5ccncc5)c4CC[C@H]3[C@@H]1CC[C@@H]2O. The molecule has 1 aromatic carbocycles. The average Bonchev–Trinajstić information content (AvgIpc) is 2.97. The molecule has 0 spiro atoms. The van der Waals surface area contributed by atoms with Gasteiger partial charge in [-0.25, -0.2) is 0 Å². The molecular weight excluding hydrogens is 322 g/mol. The fourth-order valence-electron chi connectivity index (χ4n) is 6.47. The van der Waals surface area contributed by atoms with E-state index in [-0.39, 0.29) is 11.5 Å². The quantitative estimate of drug-likeness (QED) is 0.786. The smallest absolute Gasteiger partial charge is 0.123 e. The molecule has 2 N–H and O–H groups in total. The summed E-state index contributed by atoms with van der Waals surface area (Å²) in [6, 6.07) is 8.04. The van der Waals surface area contributed by atoms with Gasteiger partial charge in [0, 0.05) is 18.0 Å². The summed E-state index contributed by atoms with van der Waals surface area (Å²) in [5.74, 6) is 2.27. The van der Waals surface area contributed by atoms with Crippen molar-refractivity contribution in [3.8, 4) is 16.9 Å². The van der Waals surface area contributed by atoms with Crippen LogP contribution in [-0.4, -0.2) is 21.3 Å². The molecule has 1 aromatic heterocycles. The lowest BCUT2D eigenvalue weighted by Crippen LogP contribution is -2.44. The van der Waals surface area contributed by atoms with Crippen molar-refractivity contribution in [2.45, 2.75) is 57.5 Å². The van der Waals surface area contributed by atoms with Gasteiger partial charge in [0.25, 0.3) is 0 Å². The molecule has 0 aliphatic heterocycles. The molecule has 0 radical (unpaired) electrons. The predicted molar refractivity (Wildman–Crippen MR) is 102 cm³/mol. The summed E-state index contributed by atoms with van der Waals surface area (Å²) in [5, 5.41) is 21.1. The fraction of sp³-hybridized carbons (Fsp3) is 0.522. The highest BCUT2D eigenvalue weighted by molar-refractivity contribution is 5.75. The molecule has 2 aromatic rings. The van der Waals surface area contributed by atoms with Gasteiger partial charge in [0.2, 0.25) is 0 Å². The highest BCUT2D eigenvalue weighted by Gasteiger charge is 2.54. The number of phenols is 1. The Morgan fingerprint density at radius 2 is 1.85 bits per heavy atom. The Kier molecular flexibility index (Phi) is 3.65. The highest BCUT2D eigenvalue weighted by Crippen LogP contribution is 2.61. The Bertz CT molecular complexity index is 834. The number of aromatic nitrogens is 1. The largest absolute Gasteiger partial charge is 0.507 e. The number of benzene rings is 1. The number of rotatable bonds is 1. The number of aliphatic hydroxyl groups excluding tert-OH is 1. The number of aliphatic hydroxyl groups is 1.